The number of fused-ring (bicyclic) bond motifs is 1. The van der Waals surface area contributed by atoms with Gasteiger partial charge in [0.05, 0.1) is 18.8 Å². The van der Waals surface area contributed by atoms with E-state index in [1.807, 2.05) is 65.6 Å². The number of furan rings is 1. The SMILES string of the molecule is Cc1cccc([C@H]2c3cc(O[C@@H](C)C(=O)NCc4ccco4)ccc3CCN2C(=O)c2ccccc2)c1. The van der Waals surface area contributed by atoms with E-state index in [0.717, 1.165) is 23.1 Å². The Hall–Kier alpha value is -4.32. The topological polar surface area (TPSA) is 71.8 Å². The predicted octanol–water partition coefficient (Wildman–Crippen LogP) is 5.46. The smallest absolute Gasteiger partial charge is 0.261 e. The zero-order valence-corrected chi connectivity index (χ0v) is 21.0. The van der Waals surface area contributed by atoms with Gasteiger partial charge in [0.15, 0.2) is 6.10 Å². The van der Waals surface area contributed by atoms with E-state index in [9.17, 15) is 9.59 Å². The van der Waals surface area contributed by atoms with E-state index in [2.05, 4.69) is 30.4 Å². The van der Waals surface area contributed by atoms with Crippen LogP contribution >= 0.6 is 0 Å². The largest absolute Gasteiger partial charge is 0.481 e. The lowest BCUT2D eigenvalue weighted by Gasteiger charge is -2.38. The minimum atomic E-state index is -0.698. The molecule has 5 rings (SSSR count). The van der Waals surface area contributed by atoms with Crippen molar-refractivity contribution in [2.24, 2.45) is 0 Å². The molecule has 0 radical (unpaired) electrons. The van der Waals surface area contributed by atoms with Crippen molar-refractivity contribution in [2.75, 3.05) is 6.54 Å². The standard InChI is InChI=1S/C31H30N2O4/c1-21-8-6-11-25(18-21)29-28-19-26(37-22(2)30(34)32-20-27-12-7-17-36-27)14-13-23(28)15-16-33(29)31(35)24-9-4-3-5-10-24/h3-14,17-19,22,29H,15-16,20H2,1-2H3,(H,32,34)/t22-,29-/m0/s1. The molecule has 6 nitrogen and oxygen atoms in total. The van der Waals surface area contributed by atoms with Crippen molar-refractivity contribution >= 4 is 11.8 Å². The minimum absolute atomic E-state index is 0.00486. The van der Waals surface area contributed by atoms with E-state index in [0.29, 0.717) is 30.2 Å². The number of carbonyl (C=O) groups is 2. The van der Waals surface area contributed by atoms with Crippen molar-refractivity contribution in [3.63, 3.8) is 0 Å². The lowest BCUT2D eigenvalue weighted by atomic mass is 9.87. The van der Waals surface area contributed by atoms with E-state index in [1.54, 1.807) is 19.3 Å². The predicted molar refractivity (Wildman–Crippen MR) is 141 cm³/mol. The van der Waals surface area contributed by atoms with E-state index in [4.69, 9.17) is 9.15 Å². The maximum Gasteiger partial charge on any atom is 0.261 e. The van der Waals surface area contributed by atoms with Gasteiger partial charge in [-0.3, -0.25) is 9.59 Å². The molecule has 1 aliphatic rings. The summed E-state index contributed by atoms with van der Waals surface area (Å²) in [6, 6.07) is 26.9. The first-order chi connectivity index (χ1) is 18.0. The molecule has 0 fully saturated rings. The number of rotatable bonds is 7. The molecule has 1 aromatic heterocycles. The van der Waals surface area contributed by atoms with Crippen LogP contribution in [0.25, 0.3) is 0 Å². The first-order valence-electron chi connectivity index (χ1n) is 12.5. The summed E-state index contributed by atoms with van der Waals surface area (Å²) >= 11 is 0. The third-order valence-corrected chi connectivity index (χ3v) is 6.68. The molecule has 1 aliphatic heterocycles. The van der Waals surface area contributed by atoms with Crippen LogP contribution in [0, 0.1) is 6.92 Å². The number of aryl methyl sites for hydroxylation is 1. The Kier molecular flexibility index (Phi) is 7.08. The minimum Gasteiger partial charge on any atom is -0.481 e. The van der Waals surface area contributed by atoms with Crippen LogP contribution in [0.1, 0.15) is 51.3 Å². The number of hydrogen-bond acceptors (Lipinski definition) is 4. The number of hydrogen-bond donors (Lipinski definition) is 1. The van der Waals surface area contributed by atoms with Crippen LogP contribution in [-0.2, 0) is 17.8 Å². The van der Waals surface area contributed by atoms with E-state index in [-0.39, 0.29) is 17.9 Å². The highest BCUT2D eigenvalue weighted by Crippen LogP contribution is 2.38. The summed E-state index contributed by atoms with van der Waals surface area (Å²) in [7, 11) is 0. The van der Waals surface area contributed by atoms with Gasteiger partial charge >= 0.3 is 0 Å². The molecular weight excluding hydrogens is 464 g/mol. The average Bonchev–Trinajstić information content (AvgIpc) is 3.45. The van der Waals surface area contributed by atoms with Crippen molar-refractivity contribution in [1.29, 1.82) is 0 Å². The molecular formula is C31H30N2O4. The Morgan fingerprint density at radius 3 is 2.62 bits per heavy atom. The monoisotopic (exact) mass is 494 g/mol. The van der Waals surface area contributed by atoms with Gasteiger partial charge in [-0.15, -0.1) is 0 Å². The summed E-state index contributed by atoms with van der Waals surface area (Å²) in [5.41, 5.74) is 5.03. The molecule has 4 aromatic rings. The van der Waals surface area contributed by atoms with Gasteiger partial charge in [-0.05, 0) is 73.4 Å². The molecule has 6 heteroatoms. The van der Waals surface area contributed by atoms with Crippen LogP contribution in [-0.4, -0.2) is 29.4 Å². The van der Waals surface area contributed by atoms with Crippen LogP contribution in [0.3, 0.4) is 0 Å². The number of nitrogens with zero attached hydrogens (tertiary/aromatic N) is 1. The van der Waals surface area contributed by atoms with Gasteiger partial charge in [0.2, 0.25) is 0 Å². The fraction of sp³-hybridized carbons (Fsp3) is 0.226. The Balaban J connectivity index is 1.43. The number of nitrogens with one attached hydrogen (secondary N) is 1. The molecule has 0 bridgehead atoms. The number of amides is 2. The molecule has 37 heavy (non-hydrogen) atoms. The van der Waals surface area contributed by atoms with Crippen molar-refractivity contribution in [1.82, 2.24) is 10.2 Å². The molecule has 0 aliphatic carbocycles. The first-order valence-corrected chi connectivity index (χ1v) is 12.5. The van der Waals surface area contributed by atoms with Crippen molar-refractivity contribution in [3.8, 4) is 5.75 Å². The molecule has 2 amide bonds. The number of benzene rings is 3. The fourth-order valence-electron chi connectivity index (χ4n) is 4.82. The van der Waals surface area contributed by atoms with Gasteiger partial charge in [0, 0.05) is 12.1 Å². The molecule has 0 saturated heterocycles. The first kappa shape index (κ1) is 24.4. The van der Waals surface area contributed by atoms with E-state index in [1.165, 1.54) is 5.56 Å². The van der Waals surface area contributed by atoms with Crippen LogP contribution in [0.4, 0.5) is 0 Å². The van der Waals surface area contributed by atoms with Gasteiger partial charge in [-0.1, -0.05) is 54.1 Å². The third kappa shape index (κ3) is 5.43. The summed E-state index contributed by atoms with van der Waals surface area (Å²) in [6.45, 7) is 4.69. The second-order valence-corrected chi connectivity index (χ2v) is 9.35. The highest BCUT2D eigenvalue weighted by molar-refractivity contribution is 5.95. The number of carbonyl (C=O) groups excluding carboxylic acids is 2. The summed E-state index contributed by atoms with van der Waals surface area (Å²) in [6.07, 6.45) is 1.62. The van der Waals surface area contributed by atoms with Gasteiger partial charge < -0.3 is 19.4 Å². The molecule has 1 N–H and O–H groups in total. The van der Waals surface area contributed by atoms with Gasteiger partial charge in [0.1, 0.15) is 11.5 Å². The normalized spacial score (nSPS) is 15.5. The van der Waals surface area contributed by atoms with E-state index < -0.39 is 6.10 Å². The van der Waals surface area contributed by atoms with Crippen LogP contribution < -0.4 is 10.1 Å². The Morgan fingerprint density at radius 2 is 1.86 bits per heavy atom. The zero-order chi connectivity index (χ0) is 25.8. The van der Waals surface area contributed by atoms with E-state index >= 15 is 0 Å². The Bertz CT molecular complexity index is 1380. The quantitative estimate of drug-likeness (QED) is 0.370. The highest BCUT2D eigenvalue weighted by atomic mass is 16.5. The Labute approximate surface area is 216 Å². The molecule has 188 valence electrons. The van der Waals surface area contributed by atoms with Crippen LogP contribution in [0.15, 0.2) is 95.6 Å². The van der Waals surface area contributed by atoms with Gasteiger partial charge in [-0.2, -0.15) is 0 Å². The molecule has 2 heterocycles. The maximum atomic E-state index is 13.6. The van der Waals surface area contributed by atoms with Crippen molar-refractivity contribution < 1.29 is 18.7 Å². The molecule has 0 spiro atoms. The molecule has 0 saturated carbocycles. The second kappa shape index (κ2) is 10.7. The third-order valence-electron chi connectivity index (χ3n) is 6.68. The molecule has 0 unspecified atom stereocenters. The molecule has 2 atom stereocenters. The summed E-state index contributed by atoms with van der Waals surface area (Å²) < 4.78 is 11.3. The molecule has 3 aromatic carbocycles. The van der Waals surface area contributed by atoms with Crippen molar-refractivity contribution in [3.05, 3.63) is 125 Å². The summed E-state index contributed by atoms with van der Waals surface area (Å²) in [5, 5.41) is 2.84. The lowest BCUT2D eigenvalue weighted by molar-refractivity contribution is -0.127. The van der Waals surface area contributed by atoms with Gasteiger partial charge in [0.25, 0.3) is 11.8 Å². The number of ether oxygens (including phenoxy) is 1. The van der Waals surface area contributed by atoms with Crippen LogP contribution in [0.5, 0.6) is 5.75 Å². The Morgan fingerprint density at radius 1 is 1.03 bits per heavy atom. The van der Waals surface area contributed by atoms with Crippen LogP contribution in [0.2, 0.25) is 0 Å². The van der Waals surface area contributed by atoms with Gasteiger partial charge in [-0.25, -0.2) is 0 Å². The maximum absolute atomic E-state index is 13.6. The zero-order valence-electron chi connectivity index (χ0n) is 21.0. The summed E-state index contributed by atoms with van der Waals surface area (Å²) in [5.74, 6) is 1.03. The summed E-state index contributed by atoms with van der Waals surface area (Å²) in [4.78, 5) is 28.2. The van der Waals surface area contributed by atoms with Crippen molar-refractivity contribution in [2.45, 2.75) is 39.0 Å². The average molecular weight is 495 g/mol. The fourth-order valence-corrected chi connectivity index (χ4v) is 4.82. The second-order valence-electron chi connectivity index (χ2n) is 9.35. The highest BCUT2D eigenvalue weighted by Gasteiger charge is 2.33. The lowest BCUT2D eigenvalue weighted by Crippen LogP contribution is -2.40.